The van der Waals surface area contributed by atoms with E-state index in [2.05, 4.69) is 60.6 Å². The van der Waals surface area contributed by atoms with Crippen LogP contribution in [0, 0.1) is 16.7 Å². The lowest BCUT2D eigenvalue weighted by atomic mass is 9.61. The van der Waals surface area contributed by atoms with E-state index in [9.17, 15) is 0 Å². The molecule has 1 unspecified atom stereocenters. The van der Waals surface area contributed by atoms with E-state index in [1.807, 2.05) is 0 Å². The van der Waals surface area contributed by atoms with E-state index in [-0.39, 0.29) is 5.41 Å². The number of hydrogen-bond donors (Lipinski definition) is 0. The maximum atomic E-state index is 2.44. The molecule has 0 amide bonds. The van der Waals surface area contributed by atoms with Gasteiger partial charge in [0.1, 0.15) is 0 Å². The van der Waals surface area contributed by atoms with E-state index in [1.165, 1.54) is 25.7 Å². The Hall–Kier alpha value is -0.260. The van der Waals surface area contributed by atoms with E-state index in [1.54, 1.807) is 0 Å². The molecule has 16 heavy (non-hydrogen) atoms. The van der Waals surface area contributed by atoms with E-state index in [4.69, 9.17) is 0 Å². The summed E-state index contributed by atoms with van der Waals surface area (Å²) in [6.07, 6.45) is 9.92. The summed E-state index contributed by atoms with van der Waals surface area (Å²) in [6, 6.07) is 0. The Labute approximate surface area is 104 Å². The number of hydrogen-bond acceptors (Lipinski definition) is 0. The van der Waals surface area contributed by atoms with Gasteiger partial charge in [0.25, 0.3) is 0 Å². The van der Waals surface area contributed by atoms with Crippen molar-refractivity contribution in [2.45, 2.75) is 74.1 Å². The van der Waals surface area contributed by atoms with Gasteiger partial charge in [-0.05, 0) is 23.2 Å². The van der Waals surface area contributed by atoms with Gasteiger partial charge in [0.05, 0.1) is 0 Å². The molecule has 0 radical (unpaired) electrons. The van der Waals surface area contributed by atoms with Gasteiger partial charge in [-0.2, -0.15) is 0 Å². The Balaban J connectivity index is 4.56. The lowest BCUT2D eigenvalue weighted by molar-refractivity contribution is 0.0865. The molecule has 0 nitrogen and oxygen atoms in total. The summed E-state index contributed by atoms with van der Waals surface area (Å²) in [7, 11) is 0. The molecule has 0 aliphatic rings. The van der Waals surface area contributed by atoms with Crippen LogP contribution in [0.25, 0.3) is 0 Å². The molecule has 0 aromatic rings. The number of allylic oxidation sites excluding steroid dienone is 2. The van der Waals surface area contributed by atoms with Gasteiger partial charge in [0, 0.05) is 0 Å². The zero-order chi connectivity index (χ0) is 12.8. The molecule has 0 N–H and O–H groups in total. The third-order valence-corrected chi connectivity index (χ3v) is 4.76. The quantitative estimate of drug-likeness (QED) is 0.377. The van der Waals surface area contributed by atoms with Gasteiger partial charge in [-0.25, -0.2) is 0 Å². The fourth-order valence-corrected chi connectivity index (χ4v) is 2.06. The van der Waals surface area contributed by atoms with Crippen LogP contribution in [0.15, 0.2) is 12.2 Å². The third kappa shape index (κ3) is 3.96. The molecule has 0 saturated carbocycles. The molecule has 1 atom stereocenters. The molecule has 96 valence electrons. The second-order valence-electron chi connectivity index (χ2n) is 6.30. The first-order valence-electron chi connectivity index (χ1n) is 6.97. The Morgan fingerprint density at radius 3 is 2.06 bits per heavy atom. The zero-order valence-electron chi connectivity index (χ0n) is 12.6. The van der Waals surface area contributed by atoms with E-state index in [0.717, 1.165) is 5.92 Å². The smallest absolute Gasteiger partial charge is 0.0121 e. The SMILES string of the molecule is CCCCC=CC(C)(C)C(C)(C)C(C)CC. The van der Waals surface area contributed by atoms with Crippen LogP contribution in [0.4, 0.5) is 0 Å². The van der Waals surface area contributed by atoms with Crippen molar-refractivity contribution in [2.75, 3.05) is 0 Å². The molecule has 0 aliphatic carbocycles. The maximum Gasteiger partial charge on any atom is -0.0121 e. The highest BCUT2D eigenvalue weighted by Gasteiger charge is 2.38. The van der Waals surface area contributed by atoms with Crippen LogP contribution in [0.2, 0.25) is 0 Å². The minimum absolute atomic E-state index is 0.288. The van der Waals surface area contributed by atoms with Crippen molar-refractivity contribution in [3.05, 3.63) is 12.2 Å². The van der Waals surface area contributed by atoms with Crippen LogP contribution < -0.4 is 0 Å². The van der Waals surface area contributed by atoms with Crippen LogP contribution in [0.1, 0.15) is 74.1 Å². The molecule has 0 spiro atoms. The first kappa shape index (κ1) is 15.7. The number of unbranched alkanes of at least 4 members (excludes halogenated alkanes) is 2. The van der Waals surface area contributed by atoms with E-state index >= 15 is 0 Å². The molecule has 0 saturated heterocycles. The molecule has 0 heteroatoms. The molecule has 0 bridgehead atoms. The van der Waals surface area contributed by atoms with Crippen molar-refractivity contribution >= 4 is 0 Å². The van der Waals surface area contributed by atoms with Crippen LogP contribution in [0.3, 0.4) is 0 Å². The largest absolute Gasteiger partial charge is 0.0880 e. The van der Waals surface area contributed by atoms with Gasteiger partial charge in [-0.3, -0.25) is 0 Å². The molecule has 0 aromatic carbocycles. The summed E-state index contributed by atoms with van der Waals surface area (Å²) in [5, 5.41) is 0. The molecule has 0 aliphatic heterocycles. The highest BCUT2D eigenvalue weighted by molar-refractivity contribution is 5.03. The standard InChI is InChI=1S/C16H32/c1-8-10-11-12-13-15(4,5)16(6,7)14(3)9-2/h12-14H,8-11H2,1-7H3. The summed E-state index contributed by atoms with van der Waals surface area (Å²) < 4.78 is 0. The molecular formula is C16H32. The number of rotatable bonds is 7. The highest BCUT2D eigenvalue weighted by Crippen LogP contribution is 2.46. The topological polar surface area (TPSA) is 0 Å². The van der Waals surface area contributed by atoms with Crippen molar-refractivity contribution < 1.29 is 0 Å². The summed E-state index contributed by atoms with van der Waals surface area (Å²) in [6.45, 7) is 16.5. The van der Waals surface area contributed by atoms with Gasteiger partial charge >= 0.3 is 0 Å². The zero-order valence-corrected chi connectivity index (χ0v) is 12.6. The molecule has 0 fully saturated rings. The van der Waals surface area contributed by atoms with Crippen molar-refractivity contribution in [3.8, 4) is 0 Å². The van der Waals surface area contributed by atoms with Crippen molar-refractivity contribution in [1.29, 1.82) is 0 Å². The first-order chi connectivity index (χ1) is 7.29. The predicted molar refractivity (Wildman–Crippen MR) is 75.7 cm³/mol. The molecule has 0 aromatic heterocycles. The van der Waals surface area contributed by atoms with Gasteiger partial charge in [0.2, 0.25) is 0 Å². The second-order valence-corrected chi connectivity index (χ2v) is 6.30. The van der Waals surface area contributed by atoms with Crippen LogP contribution in [-0.2, 0) is 0 Å². The predicted octanol–water partition coefficient (Wildman–Crippen LogP) is 5.83. The fraction of sp³-hybridized carbons (Fsp3) is 0.875. The Morgan fingerprint density at radius 1 is 1.06 bits per heavy atom. The highest BCUT2D eigenvalue weighted by atomic mass is 14.4. The van der Waals surface area contributed by atoms with Crippen molar-refractivity contribution in [3.63, 3.8) is 0 Å². The maximum absolute atomic E-state index is 2.44. The summed E-state index contributed by atoms with van der Waals surface area (Å²) in [5.74, 6) is 0.762. The molecule has 0 heterocycles. The Bertz CT molecular complexity index is 208. The lowest BCUT2D eigenvalue weighted by Gasteiger charge is -2.44. The fourth-order valence-electron chi connectivity index (χ4n) is 2.06. The average molecular weight is 224 g/mol. The van der Waals surface area contributed by atoms with Gasteiger partial charge in [-0.1, -0.05) is 79.9 Å². The minimum Gasteiger partial charge on any atom is -0.0880 e. The van der Waals surface area contributed by atoms with Crippen LogP contribution in [0.5, 0.6) is 0 Å². The van der Waals surface area contributed by atoms with Crippen LogP contribution in [-0.4, -0.2) is 0 Å². The van der Waals surface area contributed by atoms with Crippen molar-refractivity contribution in [1.82, 2.24) is 0 Å². The monoisotopic (exact) mass is 224 g/mol. The van der Waals surface area contributed by atoms with Crippen molar-refractivity contribution in [2.24, 2.45) is 16.7 Å². The minimum atomic E-state index is 0.288. The Morgan fingerprint density at radius 2 is 1.62 bits per heavy atom. The average Bonchev–Trinajstić information content (AvgIpc) is 2.22. The second kappa shape index (κ2) is 6.47. The first-order valence-corrected chi connectivity index (χ1v) is 6.97. The van der Waals surface area contributed by atoms with Crippen LogP contribution >= 0.6 is 0 Å². The normalized spacial score (nSPS) is 15.7. The summed E-state index contributed by atoms with van der Waals surface area (Å²) >= 11 is 0. The molecular weight excluding hydrogens is 192 g/mol. The van der Waals surface area contributed by atoms with E-state index < -0.39 is 0 Å². The Kier molecular flexibility index (Phi) is 6.36. The lowest BCUT2D eigenvalue weighted by Crippen LogP contribution is -2.36. The summed E-state index contributed by atoms with van der Waals surface area (Å²) in [4.78, 5) is 0. The van der Waals surface area contributed by atoms with Gasteiger partial charge in [0.15, 0.2) is 0 Å². The van der Waals surface area contributed by atoms with E-state index in [0.29, 0.717) is 5.41 Å². The summed E-state index contributed by atoms with van der Waals surface area (Å²) in [5.41, 5.74) is 0.653. The third-order valence-electron chi connectivity index (χ3n) is 4.76. The van der Waals surface area contributed by atoms with Gasteiger partial charge < -0.3 is 0 Å². The van der Waals surface area contributed by atoms with Gasteiger partial charge in [-0.15, -0.1) is 0 Å². The molecule has 0 rings (SSSR count).